The number of ether oxygens (including phenoxy) is 1. The molecule has 1 saturated heterocycles. The summed E-state index contributed by atoms with van der Waals surface area (Å²) in [6.45, 7) is 9.48. The molecule has 1 aliphatic carbocycles. The summed E-state index contributed by atoms with van der Waals surface area (Å²) in [5, 5.41) is 4.56. The summed E-state index contributed by atoms with van der Waals surface area (Å²) in [6.07, 6.45) is 3.94. The van der Waals surface area contributed by atoms with Crippen molar-refractivity contribution in [1.82, 2.24) is 14.7 Å². The molecule has 1 spiro atoms. The summed E-state index contributed by atoms with van der Waals surface area (Å²) < 4.78 is 7.55. The summed E-state index contributed by atoms with van der Waals surface area (Å²) in [5.74, 6) is 0.512. The first kappa shape index (κ1) is 17.1. The predicted molar refractivity (Wildman–Crippen MR) is 101 cm³/mol. The van der Waals surface area contributed by atoms with Crippen molar-refractivity contribution in [3.8, 4) is 5.69 Å². The summed E-state index contributed by atoms with van der Waals surface area (Å²) in [4.78, 5) is 14.0. The number of nitrogens with zero attached hydrogens (tertiary/aromatic N) is 3. The van der Waals surface area contributed by atoms with Crippen LogP contribution in [0.1, 0.15) is 50.8 Å². The number of rotatable bonds is 2. The van der Waals surface area contributed by atoms with Crippen LogP contribution in [-0.4, -0.2) is 39.5 Å². The van der Waals surface area contributed by atoms with Gasteiger partial charge in [0.15, 0.2) is 0 Å². The molecule has 0 unspecified atom stereocenters. The standard InChI is InChI=1S/C21H27N3O2/c1-15-7-5-6-8-17(15)24-18(9-10-22-24)16-11-21(12-16)13-23(14-21)19(25)26-20(2,3)4/h5-10,16H,11-14H2,1-4H3. The Morgan fingerprint density at radius 3 is 2.54 bits per heavy atom. The number of hydrogen-bond acceptors (Lipinski definition) is 3. The first-order chi connectivity index (χ1) is 12.3. The van der Waals surface area contributed by atoms with E-state index < -0.39 is 5.60 Å². The van der Waals surface area contributed by atoms with Crippen molar-refractivity contribution < 1.29 is 9.53 Å². The second-order valence-electron chi connectivity index (χ2n) is 8.90. The van der Waals surface area contributed by atoms with Crippen molar-refractivity contribution in [2.45, 2.75) is 52.1 Å². The number of carbonyl (C=O) groups is 1. The van der Waals surface area contributed by atoms with E-state index in [9.17, 15) is 4.79 Å². The van der Waals surface area contributed by atoms with Gasteiger partial charge >= 0.3 is 6.09 Å². The van der Waals surface area contributed by atoms with Gasteiger partial charge in [-0.25, -0.2) is 9.48 Å². The summed E-state index contributed by atoms with van der Waals surface area (Å²) in [7, 11) is 0. The maximum absolute atomic E-state index is 12.1. The lowest BCUT2D eigenvalue weighted by atomic mass is 9.57. The van der Waals surface area contributed by atoms with Crippen LogP contribution in [0.4, 0.5) is 4.79 Å². The lowest BCUT2D eigenvalue weighted by molar-refractivity contribution is -0.0794. The van der Waals surface area contributed by atoms with E-state index in [1.54, 1.807) is 0 Å². The van der Waals surface area contributed by atoms with E-state index in [-0.39, 0.29) is 11.5 Å². The van der Waals surface area contributed by atoms with Crippen molar-refractivity contribution in [3.63, 3.8) is 0 Å². The highest BCUT2D eigenvalue weighted by molar-refractivity contribution is 5.69. The van der Waals surface area contributed by atoms with Crippen molar-refractivity contribution >= 4 is 6.09 Å². The fourth-order valence-corrected chi connectivity index (χ4v) is 4.30. The van der Waals surface area contributed by atoms with E-state index in [0.717, 1.165) is 31.6 Å². The SMILES string of the molecule is Cc1ccccc1-n1nccc1C1CC2(C1)CN(C(=O)OC(C)(C)C)C2. The number of benzene rings is 1. The van der Waals surface area contributed by atoms with Gasteiger partial charge in [-0.15, -0.1) is 0 Å². The molecular weight excluding hydrogens is 326 g/mol. The molecule has 2 heterocycles. The summed E-state index contributed by atoms with van der Waals surface area (Å²) >= 11 is 0. The Bertz CT molecular complexity index is 820. The lowest BCUT2D eigenvalue weighted by Crippen LogP contribution is -2.63. The smallest absolute Gasteiger partial charge is 0.410 e. The van der Waals surface area contributed by atoms with Gasteiger partial charge in [0.25, 0.3) is 0 Å². The number of carbonyl (C=O) groups excluding carboxylic acids is 1. The minimum atomic E-state index is -0.429. The van der Waals surface area contributed by atoms with Crippen LogP contribution in [-0.2, 0) is 4.74 Å². The second-order valence-corrected chi connectivity index (χ2v) is 8.90. The number of hydrogen-bond donors (Lipinski definition) is 0. The number of aromatic nitrogens is 2. The quantitative estimate of drug-likeness (QED) is 0.809. The third-order valence-corrected chi connectivity index (χ3v) is 5.50. The van der Waals surface area contributed by atoms with Crippen LogP contribution in [0.3, 0.4) is 0 Å². The molecule has 1 saturated carbocycles. The van der Waals surface area contributed by atoms with Crippen LogP contribution in [0.2, 0.25) is 0 Å². The van der Waals surface area contributed by atoms with E-state index in [1.807, 2.05) is 31.9 Å². The van der Waals surface area contributed by atoms with E-state index >= 15 is 0 Å². The Hall–Kier alpha value is -2.30. The molecule has 0 atom stereocenters. The highest BCUT2D eigenvalue weighted by atomic mass is 16.6. The van der Waals surface area contributed by atoms with E-state index in [2.05, 4.69) is 47.0 Å². The van der Waals surface area contributed by atoms with Gasteiger partial charge < -0.3 is 9.64 Å². The van der Waals surface area contributed by atoms with E-state index in [4.69, 9.17) is 4.74 Å². The minimum absolute atomic E-state index is 0.184. The van der Waals surface area contributed by atoms with Crippen molar-refractivity contribution in [1.29, 1.82) is 0 Å². The zero-order valence-electron chi connectivity index (χ0n) is 16.0. The third kappa shape index (κ3) is 3.00. The van der Waals surface area contributed by atoms with Crippen LogP contribution in [0, 0.1) is 12.3 Å². The molecule has 5 heteroatoms. The van der Waals surface area contributed by atoms with Crippen molar-refractivity contribution in [2.75, 3.05) is 13.1 Å². The van der Waals surface area contributed by atoms with Crippen LogP contribution < -0.4 is 0 Å². The molecule has 4 rings (SSSR count). The molecule has 0 bridgehead atoms. The van der Waals surface area contributed by atoms with Gasteiger partial charge in [-0.3, -0.25) is 0 Å². The molecule has 0 N–H and O–H groups in total. The van der Waals surface area contributed by atoms with Gasteiger partial charge in [0.2, 0.25) is 0 Å². The van der Waals surface area contributed by atoms with Gasteiger partial charge in [0, 0.05) is 36.3 Å². The molecule has 1 aliphatic heterocycles. The first-order valence-electron chi connectivity index (χ1n) is 9.34. The van der Waals surface area contributed by atoms with Crippen LogP contribution >= 0.6 is 0 Å². The van der Waals surface area contributed by atoms with Crippen molar-refractivity contribution in [3.05, 3.63) is 47.8 Å². The van der Waals surface area contributed by atoms with Crippen molar-refractivity contribution in [2.24, 2.45) is 5.41 Å². The second kappa shape index (κ2) is 5.86. The van der Waals surface area contributed by atoms with Crippen LogP contribution in [0.25, 0.3) is 5.69 Å². The molecule has 1 aromatic carbocycles. The van der Waals surface area contributed by atoms with Gasteiger partial charge in [0.05, 0.1) is 5.69 Å². The minimum Gasteiger partial charge on any atom is -0.444 e. The van der Waals surface area contributed by atoms with E-state index in [0.29, 0.717) is 5.92 Å². The Kier molecular flexibility index (Phi) is 3.86. The van der Waals surface area contributed by atoms with Gasteiger partial charge in [0.1, 0.15) is 5.60 Å². The summed E-state index contributed by atoms with van der Waals surface area (Å²) in [6, 6.07) is 10.5. The lowest BCUT2D eigenvalue weighted by Gasteiger charge is -2.58. The normalized spacial score (nSPS) is 19.2. The van der Waals surface area contributed by atoms with Crippen LogP contribution in [0.15, 0.2) is 36.5 Å². The fourth-order valence-electron chi connectivity index (χ4n) is 4.30. The fraction of sp³-hybridized carbons (Fsp3) is 0.524. The Labute approximate surface area is 154 Å². The maximum Gasteiger partial charge on any atom is 0.410 e. The number of amides is 1. The van der Waals surface area contributed by atoms with E-state index in [1.165, 1.54) is 11.3 Å². The highest BCUT2D eigenvalue weighted by Gasteiger charge is 2.55. The largest absolute Gasteiger partial charge is 0.444 e. The Balaban J connectivity index is 1.40. The predicted octanol–water partition coefficient (Wildman–Crippen LogP) is 4.30. The first-order valence-corrected chi connectivity index (χ1v) is 9.34. The average molecular weight is 353 g/mol. The topological polar surface area (TPSA) is 47.4 Å². The third-order valence-electron chi connectivity index (χ3n) is 5.50. The average Bonchev–Trinajstić information content (AvgIpc) is 2.92. The molecule has 1 amide bonds. The Morgan fingerprint density at radius 1 is 1.19 bits per heavy atom. The molecule has 138 valence electrons. The number of likely N-dealkylation sites (tertiary alicyclic amines) is 1. The molecule has 5 nitrogen and oxygen atoms in total. The molecule has 2 aromatic rings. The molecule has 2 aliphatic rings. The Morgan fingerprint density at radius 2 is 1.88 bits per heavy atom. The molecule has 0 radical (unpaired) electrons. The number of para-hydroxylation sites is 1. The maximum atomic E-state index is 12.1. The molecule has 26 heavy (non-hydrogen) atoms. The molecule has 1 aromatic heterocycles. The van der Waals surface area contributed by atoms with Gasteiger partial charge in [-0.05, 0) is 58.2 Å². The van der Waals surface area contributed by atoms with Gasteiger partial charge in [-0.2, -0.15) is 5.10 Å². The number of aryl methyl sites for hydroxylation is 1. The van der Waals surface area contributed by atoms with Gasteiger partial charge in [-0.1, -0.05) is 18.2 Å². The van der Waals surface area contributed by atoms with Crippen LogP contribution in [0.5, 0.6) is 0 Å². The molecular formula is C21H27N3O2. The summed E-state index contributed by atoms with van der Waals surface area (Å²) in [5.41, 5.74) is 3.51. The highest BCUT2D eigenvalue weighted by Crippen LogP contribution is 2.56. The monoisotopic (exact) mass is 353 g/mol. The zero-order chi connectivity index (χ0) is 18.5. The zero-order valence-corrected chi connectivity index (χ0v) is 16.0. The molecule has 2 fully saturated rings.